The van der Waals surface area contributed by atoms with Crippen LogP contribution in [-0.2, 0) is 0 Å². The van der Waals surface area contributed by atoms with Crippen LogP contribution < -0.4 is 9.47 Å². The molecule has 0 saturated heterocycles. The first-order valence-electron chi connectivity index (χ1n) is 6.62. The van der Waals surface area contributed by atoms with Crippen molar-refractivity contribution in [3.63, 3.8) is 0 Å². The largest absolute Gasteiger partial charge is 0.497 e. The van der Waals surface area contributed by atoms with Gasteiger partial charge in [-0.2, -0.15) is 5.10 Å². The van der Waals surface area contributed by atoms with E-state index in [4.69, 9.17) is 9.47 Å². The standard InChI is InChI=1S/C15H19FN2O3/c1-9(2)18-14(13(21-4)8-17-18)15(19)11-6-5-10(20-3)7-12(11)16/h5-9,15,19H,1-4H3. The van der Waals surface area contributed by atoms with Crippen LogP contribution in [0.1, 0.15) is 37.3 Å². The van der Waals surface area contributed by atoms with Gasteiger partial charge in [-0.15, -0.1) is 0 Å². The highest BCUT2D eigenvalue weighted by atomic mass is 19.1. The first-order chi connectivity index (χ1) is 9.99. The summed E-state index contributed by atoms with van der Waals surface area (Å²) in [6.45, 7) is 3.85. The van der Waals surface area contributed by atoms with Gasteiger partial charge in [-0.05, 0) is 26.0 Å². The monoisotopic (exact) mass is 294 g/mol. The van der Waals surface area contributed by atoms with Gasteiger partial charge in [0.1, 0.15) is 23.4 Å². The number of nitrogens with zero attached hydrogens (tertiary/aromatic N) is 2. The molecule has 0 saturated carbocycles. The van der Waals surface area contributed by atoms with E-state index in [1.165, 1.54) is 32.5 Å². The lowest BCUT2D eigenvalue weighted by atomic mass is 10.0. The van der Waals surface area contributed by atoms with Crippen LogP contribution in [0.25, 0.3) is 0 Å². The zero-order valence-electron chi connectivity index (χ0n) is 12.5. The predicted octanol–water partition coefficient (Wildman–Crippen LogP) is 2.70. The summed E-state index contributed by atoms with van der Waals surface area (Å²) in [6, 6.07) is 4.35. The van der Waals surface area contributed by atoms with Gasteiger partial charge >= 0.3 is 0 Å². The Balaban J connectivity index is 2.49. The molecule has 0 bridgehead atoms. The quantitative estimate of drug-likeness (QED) is 0.921. The van der Waals surface area contributed by atoms with Gasteiger partial charge in [-0.25, -0.2) is 4.39 Å². The minimum Gasteiger partial charge on any atom is -0.497 e. The number of aromatic nitrogens is 2. The molecule has 0 aliphatic rings. The molecule has 0 amide bonds. The van der Waals surface area contributed by atoms with Gasteiger partial charge < -0.3 is 14.6 Å². The SMILES string of the molecule is COc1ccc(C(O)c2c(OC)cnn2C(C)C)c(F)c1. The highest BCUT2D eigenvalue weighted by molar-refractivity contribution is 5.38. The second kappa shape index (κ2) is 6.13. The first-order valence-corrected chi connectivity index (χ1v) is 6.62. The molecule has 1 atom stereocenters. The Kier molecular flexibility index (Phi) is 4.47. The number of aliphatic hydroxyl groups is 1. The molecule has 0 aliphatic heterocycles. The summed E-state index contributed by atoms with van der Waals surface area (Å²) in [4.78, 5) is 0. The number of hydrogen-bond acceptors (Lipinski definition) is 4. The fourth-order valence-corrected chi connectivity index (χ4v) is 2.19. The van der Waals surface area contributed by atoms with Crippen molar-refractivity contribution < 1.29 is 19.0 Å². The Hall–Kier alpha value is -2.08. The Morgan fingerprint density at radius 3 is 2.48 bits per heavy atom. The Labute approximate surface area is 122 Å². The Bertz CT molecular complexity index is 625. The van der Waals surface area contributed by atoms with Crippen molar-refractivity contribution in [3.05, 3.63) is 41.5 Å². The third-order valence-corrected chi connectivity index (χ3v) is 3.27. The van der Waals surface area contributed by atoms with Crippen LogP contribution >= 0.6 is 0 Å². The van der Waals surface area contributed by atoms with E-state index in [1.807, 2.05) is 13.8 Å². The lowest BCUT2D eigenvalue weighted by Gasteiger charge is -2.18. The van der Waals surface area contributed by atoms with Gasteiger partial charge in [0.15, 0.2) is 5.75 Å². The molecule has 1 heterocycles. The lowest BCUT2D eigenvalue weighted by Crippen LogP contribution is -2.14. The van der Waals surface area contributed by atoms with E-state index < -0.39 is 11.9 Å². The Morgan fingerprint density at radius 1 is 1.24 bits per heavy atom. The highest BCUT2D eigenvalue weighted by Crippen LogP contribution is 2.33. The number of halogens is 1. The van der Waals surface area contributed by atoms with Crippen molar-refractivity contribution in [2.24, 2.45) is 0 Å². The van der Waals surface area contributed by atoms with Gasteiger partial charge in [-0.3, -0.25) is 4.68 Å². The molecule has 0 aliphatic carbocycles. The van der Waals surface area contributed by atoms with E-state index in [2.05, 4.69) is 5.10 Å². The molecule has 0 spiro atoms. The maximum absolute atomic E-state index is 14.1. The molecule has 5 nitrogen and oxygen atoms in total. The van der Waals surface area contributed by atoms with Gasteiger partial charge in [0, 0.05) is 17.7 Å². The maximum Gasteiger partial charge on any atom is 0.163 e. The predicted molar refractivity (Wildman–Crippen MR) is 76.2 cm³/mol. The van der Waals surface area contributed by atoms with E-state index >= 15 is 0 Å². The highest BCUT2D eigenvalue weighted by Gasteiger charge is 2.25. The van der Waals surface area contributed by atoms with Crippen LogP contribution in [0.4, 0.5) is 4.39 Å². The number of ether oxygens (including phenoxy) is 2. The molecule has 0 fully saturated rings. The van der Waals surface area contributed by atoms with Crippen molar-refractivity contribution in [2.75, 3.05) is 14.2 Å². The number of benzene rings is 1. The molecule has 2 aromatic rings. The van der Waals surface area contributed by atoms with Crippen LogP contribution in [0.15, 0.2) is 24.4 Å². The lowest BCUT2D eigenvalue weighted by molar-refractivity contribution is 0.194. The summed E-state index contributed by atoms with van der Waals surface area (Å²) < 4.78 is 25.9. The van der Waals surface area contributed by atoms with Crippen LogP contribution in [0.2, 0.25) is 0 Å². The van der Waals surface area contributed by atoms with Crippen molar-refractivity contribution >= 4 is 0 Å². The van der Waals surface area contributed by atoms with Crippen LogP contribution in [0.5, 0.6) is 11.5 Å². The number of rotatable bonds is 5. The van der Waals surface area contributed by atoms with E-state index in [9.17, 15) is 9.50 Å². The topological polar surface area (TPSA) is 56.5 Å². The summed E-state index contributed by atoms with van der Waals surface area (Å²) in [7, 11) is 2.95. The number of methoxy groups -OCH3 is 2. The molecule has 1 N–H and O–H groups in total. The molecule has 21 heavy (non-hydrogen) atoms. The summed E-state index contributed by atoms with van der Waals surface area (Å²) in [6.07, 6.45) is 0.343. The van der Waals surface area contributed by atoms with Gasteiger partial charge in [0.2, 0.25) is 0 Å². The van der Waals surface area contributed by atoms with Gasteiger partial charge in [-0.1, -0.05) is 0 Å². The average Bonchev–Trinajstić information content (AvgIpc) is 2.90. The minimum absolute atomic E-state index is 0.0138. The molecule has 1 unspecified atom stereocenters. The zero-order chi connectivity index (χ0) is 15.6. The fraction of sp³-hybridized carbons (Fsp3) is 0.400. The first kappa shape index (κ1) is 15.3. The summed E-state index contributed by atoms with van der Waals surface area (Å²) in [5.41, 5.74) is 0.577. The van der Waals surface area contributed by atoms with Crippen molar-refractivity contribution in [1.29, 1.82) is 0 Å². The smallest absolute Gasteiger partial charge is 0.163 e. The van der Waals surface area contributed by atoms with Gasteiger partial charge in [0.05, 0.1) is 20.4 Å². The minimum atomic E-state index is -1.17. The van der Waals surface area contributed by atoms with Crippen LogP contribution in [-0.4, -0.2) is 29.1 Å². The number of hydrogen-bond donors (Lipinski definition) is 1. The van der Waals surface area contributed by atoms with E-state index in [1.54, 1.807) is 10.7 Å². The zero-order valence-corrected chi connectivity index (χ0v) is 12.5. The van der Waals surface area contributed by atoms with E-state index in [-0.39, 0.29) is 11.6 Å². The fourth-order valence-electron chi connectivity index (χ4n) is 2.19. The summed E-state index contributed by atoms with van der Waals surface area (Å²) in [5.74, 6) is 0.277. The average molecular weight is 294 g/mol. The van der Waals surface area contributed by atoms with Crippen LogP contribution in [0.3, 0.4) is 0 Å². The maximum atomic E-state index is 14.1. The number of aliphatic hydroxyl groups excluding tert-OH is 1. The molecule has 2 rings (SSSR count). The summed E-state index contributed by atoms with van der Waals surface area (Å²) >= 11 is 0. The third-order valence-electron chi connectivity index (χ3n) is 3.27. The molecule has 1 aromatic heterocycles. The van der Waals surface area contributed by atoms with Crippen LogP contribution in [0, 0.1) is 5.82 Å². The van der Waals surface area contributed by atoms with E-state index in [0.717, 1.165) is 0 Å². The second-order valence-corrected chi connectivity index (χ2v) is 4.93. The molecule has 114 valence electrons. The molecular formula is C15H19FN2O3. The molecule has 0 radical (unpaired) electrons. The van der Waals surface area contributed by atoms with E-state index in [0.29, 0.717) is 17.2 Å². The molecule has 6 heteroatoms. The summed E-state index contributed by atoms with van der Waals surface area (Å²) in [5, 5.41) is 14.7. The van der Waals surface area contributed by atoms with Crippen molar-refractivity contribution in [1.82, 2.24) is 9.78 Å². The van der Waals surface area contributed by atoms with Crippen molar-refractivity contribution in [3.8, 4) is 11.5 Å². The second-order valence-electron chi connectivity index (χ2n) is 4.93. The Morgan fingerprint density at radius 2 is 1.95 bits per heavy atom. The normalized spacial score (nSPS) is 12.5. The van der Waals surface area contributed by atoms with Crippen molar-refractivity contribution in [2.45, 2.75) is 26.0 Å². The third kappa shape index (κ3) is 2.85. The molecule has 1 aromatic carbocycles. The van der Waals surface area contributed by atoms with Gasteiger partial charge in [0.25, 0.3) is 0 Å². The molecular weight excluding hydrogens is 275 g/mol.